The van der Waals surface area contributed by atoms with Crippen molar-refractivity contribution in [3.63, 3.8) is 0 Å². The van der Waals surface area contributed by atoms with E-state index in [1.807, 2.05) is 20.8 Å². The van der Waals surface area contributed by atoms with E-state index in [1.54, 1.807) is 13.8 Å². The molecule has 0 saturated heterocycles. The maximum atomic E-state index is 11.6. The molecule has 6 heteroatoms. The number of hydrogen-bond donors (Lipinski definition) is 0. The number of ether oxygens (including phenoxy) is 1. The number of nitrogens with zero attached hydrogens (tertiary/aromatic N) is 2. The number of esters is 1. The summed E-state index contributed by atoms with van der Waals surface area (Å²) in [7, 11) is 0. The van der Waals surface area contributed by atoms with E-state index < -0.39 is 5.60 Å². The summed E-state index contributed by atoms with van der Waals surface area (Å²) in [5.41, 5.74) is -0.476. The van der Waals surface area contributed by atoms with E-state index >= 15 is 0 Å². The SMILES string of the molecule is Cc1nnc(SC(C)C(=O)OC(C)(C)C)o1. The molecular weight excluding hydrogens is 228 g/mol. The highest BCUT2D eigenvalue weighted by molar-refractivity contribution is 8.00. The molecule has 0 aliphatic carbocycles. The molecule has 1 aromatic rings. The fourth-order valence-electron chi connectivity index (χ4n) is 0.910. The zero-order chi connectivity index (χ0) is 12.3. The third-order valence-corrected chi connectivity index (χ3v) is 2.44. The molecule has 0 N–H and O–H groups in total. The van der Waals surface area contributed by atoms with Gasteiger partial charge in [-0.25, -0.2) is 0 Å². The van der Waals surface area contributed by atoms with Gasteiger partial charge in [0, 0.05) is 6.92 Å². The molecule has 1 rings (SSSR count). The number of aryl methyl sites for hydroxylation is 1. The van der Waals surface area contributed by atoms with Gasteiger partial charge in [-0.15, -0.1) is 10.2 Å². The van der Waals surface area contributed by atoms with Gasteiger partial charge in [-0.3, -0.25) is 4.79 Å². The second kappa shape index (κ2) is 4.86. The van der Waals surface area contributed by atoms with Crippen LogP contribution >= 0.6 is 11.8 Å². The summed E-state index contributed by atoms with van der Waals surface area (Å²) in [6.07, 6.45) is 0. The third kappa shape index (κ3) is 4.22. The highest BCUT2D eigenvalue weighted by Gasteiger charge is 2.24. The first-order chi connectivity index (χ1) is 7.28. The van der Waals surface area contributed by atoms with Gasteiger partial charge >= 0.3 is 5.97 Å². The Balaban J connectivity index is 2.52. The Kier molecular flexibility index (Phi) is 3.96. The molecule has 0 bridgehead atoms. The number of carbonyl (C=O) groups is 1. The Morgan fingerprint density at radius 2 is 2.06 bits per heavy atom. The standard InChI is InChI=1S/C10H16N2O3S/c1-6(8(13)15-10(3,4)5)16-9-12-11-7(2)14-9/h6H,1-5H3. The minimum absolute atomic E-state index is 0.284. The topological polar surface area (TPSA) is 65.2 Å². The largest absolute Gasteiger partial charge is 0.459 e. The zero-order valence-electron chi connectivity index (χ0n) is 10.1. The van der Waals surface area contributed by atoms with Crippen LogP contribution in [-0.4, -0.2) is 27.0 Å². The molecule has 1 unspecified atom stereocenters. The monoisotopic (exact) mass is 244 g/mol. The van der Waals surface area contributed by atoms with Crippen molar-refractivity contribution in [2.24, 2.45) is 0 Å². The molecule has 0 aromatic carbocycles. The fraction of sp³-hybridized carbons (Fsp3) is 0.700. The maximum absolute atomic E-state index is 11.6. The minimum atomic E-state index is -0.476. The van der Waals surface area contributed by atoms with Crippen molar-refractivity contribution >= 4 is 17.7 Å². The predicted octanol–water partition coefficient (Wildman–Crippen LogP) is 2.20. The molecule has 90 valence electrons. The number of rotatable bonds is 3. The van der Waals surface area contributed by atoms with Crippen molar-refractivity contribution in [2.75, 3.05) is 0 Å². The van der Waals surface area contributed by atoms with Crippen LogP contribution in [0.3, 0.4) is 0 Å². The predicted molar refractivity (Wildman–Crippen MR) is 60.2 cm³/mol. The van der Waals surface area contributed by atoms with Crippen LogP contribution in [0, 0.1) is 6.92 Å². The molecule has 1 atom stereocenters. The summed E-state index contributed by atoms with van der Waals surface area (Å²) in [5.74, 6) is 0.201. The van der Waals surface area contributed by atoms with Crippen LogP contribution in [0.4, 0.5) is 0 Å². The number of thioether (sulfide) groups is 1. The smallest absolute Gasteiger partial charge is 0.319 e. The summed E-state index contributed by atoms with van der Waals surface area (Å²) in [5, 5.41) is 7.51. The van der Waals surface area contributed by atoms with Gasteiger partial charge < -0.3 is 9.15 Å². The van der Waals surface area contributed by atoms with E-state index in [4.69, 9.17) is 9.15 Å². The Hall–Kier alpha value is -1.04. The molecule has 16 heavy (non-hydrogen) atoms. The molecule has 0 fully saturated rings. The van der Waals surface area contributed by atoms with Gasteiger partial charge in [0.15, 0.2) is 0 Å². The van der Waals surface area contributed by atoms with Crippen molar-refractivity contribution < 1.29 is 13.9 Å². The van der Waals surface area contributed by atoms with Crippen molar-refractivity contribution in [3.8, 4) is 0 Å². The first-order valence-electron chi connectivity index (χ1n) is 4.97. The van der Waals surface area contributed by atoms with Crippen LogP contribution in [0.1, 0.15) is 33.6 Å². The van der Waals surface area contributed by atoms with Gasteiger partial charge in [0.1, 0.15) is 10.9 Å². The second-order valence-electron chi connectivity index (χ2n) is 4.38. The zero-order valence-corrected chi connectivity index (χ0v) is 10.9. The van der Waals surface area contributed by atoms with Crippen LogP contribution in [-0.2, 0) is 9.53 Å². The second-order valence-corrected chi connectivity index (χ2v) is 5.67. The molecule has 0 radical (unpaired) electrons. The van der Waals surface area contributed by atoms with Crippen LogP contribution in [0.15, 0.2) is 9.64 Å². The first kappa shape index (κ1) is 13.0. The first-order valence-corrected chi connectivity index (χ1v) is 5.85. The lowest BCUT2D eigenvalue weighted by Crippen LogP contribution is -2.28. The van der Waals surface area contributed by atoms with E-state index in [0.29, 0.717) is 11.1 Å². The van der Waals surface area contributed by atoms with E-state index in [2.05, 4.69) is 10.2 Å². The van der Waals surface area contributed by atoms with Crippen molar-refractivity contribution in [1.29, 1.82) is 0 Å². The summed E-state index contributed by atoms with van der Waals surface area (Å²) in [4.78, 5) is 11.6. The normalized spacial score (nSPS) is 13.6. The average molecular weight is 244 g/mol. The Morgan fingerprint density at radius 1 is 1.44 bits per heavy atom. The van der Waals surface area contributed by atoms with Gasteiger partial charge in [-0.1, -0.05) is 11.8 Å². The molecule has 0 spiro atoms. The highest BCUT2D eigenvalue weighted by atomic mass is 32.2. The minimum Gasteiger partial charge on any atom is -0.459 e. The van der Waals surface area contributed by atoms with Crippen LogP contribution in [0.2, 0.25) is 0 Å². The van der Waals surface area contributed by atoms with Crippen LogP contribution < -0.4 is 0 Å². The molecule has 5 nitrogen and oxygen atoms in total. The quantitative estimate of drug-likeness (QED) is 0.600. The van der Waals surface area contributed by atoms with Gasteiger partial charge in [0.25, 0.3) is 5.22 Å². The molecular formula is C10H16N2O3S. The van der Waals surface area contributed by atoms with Crippen molar-refractivity contribution in [3.05, 3.63) is 5.89 Å². The Bertz CT molecular complexity index is 370. The average Bonchev–Trinajstić information content (AvgIpc) is 2.48. The summed E-state index contributed by atoms with van der Waals surface area (Å²) < 4.78 is 10.4. The molecule has 1 aromatic heterocycles. The Morgan fingerprint density at radius 3 is 2.50 bits per heavy atom. The highest BCUT2D eigenvalue weighted by Crippen LogP contribution is 2.23. The number of hydrogen-bond acceptors (Lipinski definition) is 6. The van der Waals surface area contributed by atoms with Gasteiger partial charge in [-0.2, -0.15) is 0 Å². The lowest BCUT2D eigenvalue weighted by molar-refractivity contribution is -0.153. The van der Waals surface area contributed by atoms with Crippen LogP contribution in [0.5, 0.6) is 0 Å². The summed E-state index contributed by atoms with van der Waals surface area (Å²) in [6.45, 7) is 8.95. The van der Waals surface area contributed by atoms with E-state index in [0.717, 1.165) is 0 Å². The van der Waals surface area contributed by atoms with Gasteiger partial charge in [-0.05, 0) is 27.7 Å². The molecule has 0 saturated carbocycles. The molecule has 0 aliphatic heterocycles. The molecule has 0 amide bonds. The fourth-order valence-corrected chi connectivity index (χ4v) is 1.61. The molecule has 1 heterocycles. The van der Waals surface area contributed by atoms with Crippen LogP contribution in [0.25, 0.3) is 0 Å². The Labute approximate surface area is 99.0 Å². The van der Waals surface area contributed by atoms with E-state index in [-0.39, 0.29) is 11.2 Å². The summed E-state index contributed by atoms with van der Waals surface area (Å²) in [6, 6.07) is 0. The maximum Gasteiger partial charge on any atom is 0.319 e. The van der Waals surface area contributed by atoms with Crippen molar-refractivity contribution in [2.45, 2.75) is 50.7 Å². The molecule has 0 aliphatic rings. The number of aromatic nitrogens is 2. The van der Waals surface area contributed by atoms with Gasteiger partial charge in [0.05, 0.1) is 0 Å². The van der Waals surface area contributed by atoms with E-state index in [1.165, 1.54) is 11.8 Å². The van der Waals surface area contributed by atoms with E-state index in [9.17, 15) is 4.79 Å². The van der Waals surface area contributed by atoms with Gasteiger partial charge in [0.2, 0.25) is 5.89 Å². The van der Waals surface area contributed by atoms with Crippen molar-refractivity contribution in [1.82, 2.24) is 10.2 Å². The lowest BCUT2D eigenvalue weighted by Gasteiger charge is -2.21. The number of carbonyl (C=O) groups excluding carboxylic acids is 1. The third-order valence-electron chi connectivity index (χ3n) is 1.52. The lowest BCUT2D eigenvalue weighted by atomic mass is 10.2. The summed E-state index contributed by atoms with van der Waals surface area (Å²) >= 11 is 1.20.